The van der Waals surface area contributed by atoms with E-state index >= 15 is 0 Å². The lowest BCUT2D eigenvalue weighted by atomic mass is 10.1. The summed E-state index contributed by atoms with van der Waals surface area (Å²) in [5.41, 5.74) is 2.18. The van der Waals surface area contributed by atoms with Crippen LogP contribution in [0.5, 0.6) is 0 Å². The molecule has 2 aromatic rings. The van der Waals surface area contributed by atoms with Crippen molar-refractivity contribution in [1.29, 1.82) is 0 Å². The molecule has 4 nitrogen and oxygen atoms in total. The van der Waals surface area contributed by atoms with Crippen molar-refractivity contribution < 1.29 is 5.11 Å². The number of nitrogens with one attached hydrogen (secondary N) is 1. The third kappa shape index (κ3) is 4.68. The standard InChI is InChI=1S/C18H27N3O/c1-3-21(13-14-22)12-6-7-15(2)20-18-10-11-19-17-9-5-4-8-16(17)18/h4-5,8-11,15,22H,3,6-7,12-14H2,1-2H3,(H,19,20)/t15-/m0/s1. The first-order chi connectivity index (χ1) is 10.7. The van der Waals surface area contributed by atoms with Crippen molar-refractivity contribution in [2.24, 2.45) is 0 Å². The van der Waals surface area contributed by atoms with Gasteiger partial charge in [0.2, 0.25) is 0 Å². The summed E-state index contributed by atoms with van der Waals surface area (Å²) in [4.78, 5) is 6.68. The van der Waals surface area contributed by atoms with Crippen LogP contribution in [-0.2, 0) is 0 Å². The van der Waals surface area contributed by atoms with E-state index in [-0.39, 0.29) is 6.61 Å². The summed E-state index contributed by atoms with van der Waals surface area (Å²) in [6, 6.07) is 10.7. The van der Waals surface area contributed by atoms with Crippen molar-refractivity contribution in [3.8, 4) is 0 Å². The molecule has 1 aromatic carbocycles. The zero-order chi connectivity index (χ0) is 15.8. The van der Waals surface area contributed by atoms with Gasteiger partial charge in [-0.3, -0.25) is 4.98 Å². The molecule has 1 heterocycles. The van der Waals surface area contributed by atoms with E-state index in [4.69, 9.17) is 5.11 Å². The molecule has 0 bridgehead atoms. The summed E-state index contributed by atoms with van der Waals surface area (Å²) in [5.74, 6) is 0. The van der Waals surface area contributed by atoms with Crippen molar-refractivity contribution in [2.75, 3.05) is 31.6 Å². The molecule has 0 saturated heterocycles. The number of likely N-dealkylation sites (N-methyl/N-ethyl adjacent to an activating group) is 1. The van der Waals surface area contributed by atoms with Gasteiger partial charge in [0.1, 0.15) is 0 Å². The molecule has 0 unspecified atom stereocenters. The Bertz CT molecular complexity index is 568. The van der Waals surface area contributed by atoms with Gasteiger partial charge in [-0.15, -0.1) is 0 Å². The molecule has 0 fully saturated rings. The summed E-state index contributed by atoms with van der Waals surface area (Å²) in [5, 5.41) is 13.8. The van der Waals surface area contributed by atoms with Gasteiger partial charge < -0.3 is 15.3 Å². The second-order valence-corrected chi connectivity index (χ2v) is 5.72. The molecule has 120 valence electrons. The average Bonchev–Trinajstić information content (AvgIpc) is 2.54. The van der Waals surface area contributed by atoms with Crippen LogP contribution in [0.1, 0.15) is 26.7 Å². The highest BCUT2D eigenvalue weighted by atomic mass is 16.3. The minimum Gasteiger partial charge on any atom is -0.395 e. The molecule has 4 heteroatoms. The van der Waals surface area contributed by atoms with Gasteiger partial charge in [0.05, 0.1) is 12.1 Å². The highest BCUT2D eigenvalue weighted by Crippen LogP contribution is 2.22. The largest absolute Gasteiger partial charge is 0.395 e. The molecule has 0 saturated carbocycles. The van der Waals surface area contributed by atoms with E-state index in [1.54, 1.807) is 0 Å². The Labute approximate surface area is 133 Å². The number of hydrogen-bond donors (Lipinski definition) is 2. The van der Waals surface area contributed by atoms with Crippen molar-refractivity contribution in [3.63, 3.8) is 0 Å². The zero-order valence-corrected chi connectivity index (χ0v) is 13.6. The highest BCUT2D eigenvalue weighted by Gasteiger charge is 2.07. The van der Waals surface area contributed by atoms with Crippen LogP contribution in [0.4, 0.5) is 5.69 Å². The van der Waals surface area contributed by atoms with Gasteiger partial charge in [-0.2, -0.15) is 0 Å². The van der Waals surface area contributed by atoms with Gasteiger partial charge in [-0.05, 0) is 45.0 Å². The monoisotopic (exact) mass is 301 g/mol. The SMILES string of the molecule is CCN(CCO)CCC[C@H](C)Nc1ccnc2ccccc12. The van der Waals surface area contributed by atoms with Crippen LogP contribution < -0.4 is 5.32 Å². The first-order valence-corrected chi connectivity index (χ1v) is 8.18. The first kappa shape index (κ1) is 16.7. The number of anilines is 1. The lowest BCUT2D eigenvalue weighted by Crippen LogP contribution is -2.28. The Hall–Kier alpha value is -1.65. The minimum atomic E-state index is 0.241. The van der Waals surface area contributed by atoms with Gasteiger partial charge in [-0.1, -0.05) is 25.1 Å². The van der Waals surface area contributed by atoms with E-state index < -0.39 is 0 Å². The van der Waals surface area contributed by atoms with E-state index in [1.807, 2.05) is 30.5 Å². The Balaban J connectivity index is 1.87. The maximum absolute atomic E-state index is 9.01. The second-order valence-electron chi connectivity index (χ2n) is 5.72. The van der Waals surface area contributed by atoms with E-state index in [9.17, 15) is 0 Å². The molecule has 1 atom stereocenters. The number of para-hydroxylation sites is 1. The summed E-state index contributed by atoms with van der Waals surface area (Å²) < 4.78 is 0. The smallest absolute Gasteiger partial charge is 0.0722 e. The van der Waals surface area contributed by atoms with Gasteiger partial charge in [0.25, 0.3) is 0 Å². The maximum atomic E-state index is 9.01. The van der Waals surface area contributed by atoms with Crippen molar-refractivity contribution in [2.45, 2.75) is 32.7 Å². The van der Waals surface area contributed by atoms with Gasteiger partial charge in [0, 0.05) is 29.9 Å². The predicted molar refractivity (Wildman–Crippen MR) is 93.3 cm³/mol. The Morgan fingerprint density at radius 3 is 2.82 bits per heavy atom. The van der Waals surface area contributed by atoms with Crippen LogP contribution in [0.2, 0.25) is 0 Å². The molecule has 1 aromatic heterocycles. The van der Waals surface area contributed by atoms with Crippen molar-refractivity contribution in [1.82, 2.24) is 9.88 Å². The van der Waals surface area contributed by atoms with Crippen LogP contribution in [0.3, 0.4) is 0 Å². The topological polar surface area (TPSA) is 48.4 Å². The molecule has 2 N–H and O–H groups in total. The molecular weight excluding hydrogens is 274 g/mol. The molecule has 0 aliphatic carbocycles. The number of hydrogen-bond acceptors (Lipinski definition) is 4. The van der Waals surface area contributed by atoms with Gasteiger partial charge in [0.15, 0.2) is 0 Å². The molecule has 22 heavy (non-hydrogen) atoms. The summed E-state index contributed by atoms with van der Waals surface area (Å²) in [7, 11) is 0. The van der Waals surface area contributed by atoms with E-state index in [1.165, 1.54) is 5.39 Å². The van der Waals surface area contributed by atoms with Crippen molar-refractivity contribution >= 4 is 16.6 Å². The Morgan fingerprint density at radius 1 is 1.23 bits per heavy atom. The number of pyridine rings is 1. The molecule has 2 rings (SSSR count). The number of aliphatic hydroxyl groups is 1. The number of fused-ring (bicyclic) bond motifs is 1. The Kier molecular flexibility index (Phi) is 6.62. The zero-order valence-electron chi connectivity index (χ0n) is 13.6. The number of benzene rings is 1. The lowest BCUT2D eigenvalue weighted by molar-refractivity contribution is 0.199. The lowest BCUT2D eigenvalue weighted by Gasteiger charge is -2.21. The third-order valence-electron chi connectivity index (χ3n) is 4.03. The molecule has 0 aliphatic heterocycles. The second kappa shape index (κ2) is 8.71. The molecule has 0 spiro atoms. The maximum Gasteiger partial charge on any atom is 0.0722 e. The summed E-state index contributed by atoms with van der Waals surface area (Å²) >= 11 is 0. The van der Waals surface area contributed by atoms with Crippen LogP contribution >= 0.6 is 0 Å². The fraction of sp³-hybridized carbons (Fsp3) is 0.500. The van der Waals surface area contributed by atoms with Crippen molar-refractivity contribution in [3.05, 3.63) is 36.5 Å². The first-order valence-electron chi connectivity index (χ1n) is 8.18. The predicted octanol–water partition coefficient (Wildman–Crippen LogP) is 3.13. The molecular formula is C18H27N3O. The third-order valence-corrected chi connectivity index (χ3v) is 4.03. The summed E-state index contributed by atoms with van der Waals surface area (Å²) in [6.07, 6.45) is 4.10. The van der Waals surface area contributed by atoms with Gasteiger partial charge >= 0.3 is 0 Å². The molecule has 0 amide bonds. The number of aliphatic hydroxyl groups excluding tert-OH is 1. The van der Waals surface area contributed by atoms with Crippen LogP contribution in [-0.4, -0.2) is 47.3 Å². The average molecular weight is 301 g/mol. The minimum absolute atomic E-state index is 0.241. The van der Waals surface area contributed by atoms with E-state index in [0.717, 1.165) is 43.7 Å². The fourth-order valence-electron chi connectivity index (χ4n) is 2.75. The summed E-state index contributed by atoms with van der Waals surface area (Å²) in [6.45, 7) is 7.41. The van der Waals surface area contributed by atoms with Gasteiger partial charge in [-0.25, -0.2) is 0 Å². The quantitative estimate of drug-likeness (QED) is 0.747. The van der Waals surface area contributed by atoms with E-state index in [0.29, 0.717) is 6.04 Å². The number of rotatable bonds is 9. The molecule has 0 radical (unpaired) electrons. The van der Waals surface area contributed by atoms with Crippen LogP contribution in [0, 0.1) is 0 Å². The van der Waals surface area contributed by atoms with E-state index in [2.05, 4.69) is 35.1 Å². The fourth-order valence-corrected chi connectivity index (χ4v) is 2.75. The highest BCUT2D eigenvalue weighted by molar-refractivity contribution is 5.90. The Morgan fingerprint density at radius 2 is 2.05 bits per heavy atom. The number of nitrogens with zero attached hydrogens (tertiary/aromatic N) is 2. The normalized spacial score (nSPS) is 12.7. The molecule has 0 aliphatic rings. The van der Waals surface area contributed by atoms with Crippen LogP contribution in [0.15, 0.2) is 36.5 Å². The van der Waals surface area contributed by atoms with Crippen LogP contribution in [0.25, 0.3) is 10.9 Å². The number of aromatic nitrogens is 1.